The second-order valence-corrected chi connectivity index (χ2v) is 36.6. The first kappa shape index (κ1) is 89.3. The molecule has 696 valence electrons. The molecule has 3 fully saturated rings. The van der Waals surface area contributed by atoms with E-state index in [0.717, 1.165) is 268 Å². The zero-order valence-electron chi connectivity index (χ0n) is 78.2. The van der Waals surface area contributed by atoms with E-state index in [1.54, 1.807) is 24.8 Å². The minimum atomic E-state index is -0.0404. The molecule has 0 atom stereocenters. The van der Waals surface area contributed by atoms with Gasteiger partial charge in [0, 0.05) is 166 Å². The number of fused-ring (bicyclic) bond motifs is 8. The van der Waals surface area contributed by atoms with Gasteiger partial charge in [-0.15, -0.1) is 0 Å². The molecule has 1 aliphatic carbocycles. The topological polar surface area (TPSA) is 376 Å². The van der Waals surface area contributed by atoms with Gasteiger partial charge in [-0.2, -0.15) is 20.4 Å². The molecule has 9 aromatic carbocycles. The first-order chi connectivity index (χ1) is 68.2. The van der Waals surface area contributed by atoms with E-state index in [4.69, 9.17) is 9.97 Å². The maximum absolute atomic E-state index is 12.1. The summed E-state index contributed by atoms with van der Waals surface area (Å²) in [5.74, 6) is 4.09. The number of aromatic amines is 8. The zero-order valence-corrected chi connectivity index (χ0v) is 78.2. The molecule has 139 heavy (non-hydrogen) atoms. The number of para-hydroxylation sites is 6. The van der Waals surface area contributed by atoms with Gasteiger partial charge in [0.05, 0.1) is 90.3 Å². The number of carbonyl (C=O) groups is 2. The number of anilines is 4. The number of H-pyrrole nitrogens is 8. The summed E-state index contributed by atoms with van der Waals surface area (Å²) in [6.07, 6.45) is 21.0. The largest absolute Gasteiger partial charge is 0.367 e. The highest BCUT2D eigenvalue weighted by Crippen LogP contribution is 2.39. The summed E-state index contributed by atoms with van der Waals surface area (Å²) >= 11 is 0. The molecule has 14 heterocycles. The lowest BCUT2D eigenvalue weighted by Crippen LogP contribution is -2.44. The van der Waals surface area contributed by atoms with Crippen molar-refractivity contribution in [2.45, 2.75) is 78.9 Å². The minimum Gasteiger partial charge on any atom is -0.367 e. The number of carbonyl (C=O) groups excluding carboxylic acids is 2. The van der Waals surface area contributed by atoms with Crippen LogP contribution < -0.4 is 31.1 Å². The molecule has 0 bridgehead atoms. The van der Waals surface area contributed by atoms with E-state index < -0.39 is 0 Å². The van der Waals surface area contributed by atoms with Gasteiger partial charge in [-0.25, -0.2) is 19.9 Å². The summed E-state index contributed by atoms with van der Waals surface area (Å²) < 4.78 is 0. The molecule has 12 aromatic heterocycles. The molecule has 2 saturated heterocycles. The van der Waals surface area contributed by atoms with E-state index in [9.17, 15) is 9.59 Å². The Labute approximate surface area is 801 Å². The van der Waals surface area contributed by atoms with Crippen molar-refractivity contribution in [3.8, 4) is 90.6 Å². The van der Waals surface area contributed by atoms with Crippen molar-refractivity contribution in [1.82, 2.24) is 121 Å². The van der Waals surface area contributed by atoms with E-state index in [1.807, 2.05) is 137 Å². The fraction of sp³-hybridized carbons (Fsp3) is 0.229. The molecule has 0 spiro atoms. The van der Waals surface area contributed by atoms with E-state index in [2.05, 4.69) is 267 Å². The van der Waals surface area contributed by atoms with Gasteiger partial charge in [0.1, 0.15) is 33.8 Å². The van der Waals surface area contributed by atoms with Gasteiger partial charge >= 0.3 is 0 Å². The Morgan fingerprint density at radius 1 is 0.360 bits per heavy atom. The van der Waals surface area contributed by atoms with Crippen LogP contribution in [0.25, 0.3) is 178 Å². The van der Waals surface area contributed by atoms with Crippen molar-refractivity contribution in [2.24, 2.45) is 11.8 Å². The molecule has 21 aromatic rings. The van der Waals surface area contributed by atoms with Crippen molar-refractivity contribution in [2.75, 3.05) is 93.4 Å². The minimum absolute atomic E-state index is 0.00796. The quantitative estimate of drug-likeness (QED) is 0.0283. The van der Waals surface area contributed by atoms with E-state index in [1.165, 1.54) is 48.2 Å². The molecule has 0 unspecified atom stereocenters. The highest BCUT2D eigenvalue weighted by Gasteiger charge is 2.26. The Balaban J connectivity index is 0.000000111. The smallest absolute Gasteiger partial charge is 0.224 e. The van der Waals surface area contributed by atoms with Crippen LogP contribution in [0.1, 0.15) is 76.0 Å². The van der Waals surface area contributed by atoms with Gasteiger partial charge in [0.2, 0.25) is 11.8 Å². The number of hydrogen-bond donors (Lipinski definition) is 12. The highest BCUT2D eigenvalue weighted by atomic mass is 16.2. The molecule has 30 heteroatoms. The van der Waals surface area contributed by atoms with Gasteiger partial charge in [0.15, 0.2) is 23.3 Å². The third kappa shape index (κ3) is 20.1. The Morgan fingerprint density at radius 2 is 0.734 bits per heavy atom. The molecule has 12 N–H and O–H groups in total. The summed E-state index contributed by atoms with van der Waals surface area (Å²) in [7, 11) is 4.36. The number of nitrogens with one attached hydrogen (secondary N) is 12. The molecule has 1 saturated carbocycles. The van der Waals surface area contributed by atoms with Gasteiger partial charge in [-0.1, -0.05) is 125 Å². The summed E-state index contributed by atoms with van der Waals surface area (Å²) in [5.41, 5.74) is 30.4. The number of rotatable bonds is 23. The average Bonchev–Trinajstić information content (AvgIpc) is 1.62. The summed E-state index contributed by atoms with van der Waals surface area (Å²) in [6.45, 7) is 17.6. The lowest BCUT2D eigenvalue weighted by molar-refractivity contribution is -0.117. The molecule has 30 nitrogen and oxygen atoms in total. The van der Waals surface area contributed by atoms with E-state index in [0.29, 0.717) is 30.1 Å². The number of imidazole rings is 4. The Bertz CT molecular complexity index is 7880. The van der Waals surface area contributed by atoms with Crippen LogP contribution in [0, 0.1) is 11.8 Å². The molecule has 2 amide bonds. The summed E-state index contributed by atoms with van der Waals surface area (Å²) in [6, 6.07) is 72.3. The maximum atomic E-state index is 12.1. The third-order valence-corrected chi connectivity index (χ3v) is 26.2. The first-order valence-corrected chi connectivity index (χ1v) is 47.7. The normalized spacial score (nSPS) is 13.8. The van der Waals surface area contributed by atoms with Crippen molar-refractivity contribution < 1.29 is 9.59 Å². The number of likely N-dealkylation sites (N-methyl/N-ethyl adjacent to an activating group) is 2. The van der Waals surface area contributed by atoms with Crippen LogP contribution in [-0.4, -0.2) is 195 Å². The van der Waals surface area contributed by atoms with Crippen molar-refractivity contribution in [3.63, 3.8) is 0 Å². The number of nitrogens with zero attached hydrogens (tertiary/aromatic N) is 16. The van der Waals surface area contributed by atoms with Gasteiger partial charge in [0.25, 0.3) is 0 Å². The van der Waals surface area contributed by atoms with Gasteiger partial charge in [-0.3, -0.25) is 49.9 Å². The maximum Gasteiger partial charge on any atom is 0.224 e. The van der Waals surface area contributed by atoms with Crippen LogP contribution >= 0.6 is 0 Å². The number of amides is 2. The molecule has 2 aliphatic heterocycles. The van der Waals surface area contributed by atoms with Crippen LogP contribution in [0.2, 0.25) is 0 Å². The van der Waals surface area contributed by atoms with Gasteiger partial charge < -0.3 is 60.8 Å². The van der Waals surface area contributed by atoms with E-state index >= 15 is 0 Å². The monoisotopic (exact) mass is 1840 g/mol. The standard InChI is InChI=1S/C32H32N8.C31H36N8.C24H22N6O.C22H18N6O/c1-39-12-14-40(15-13-39)29-9-5-8-28-31(29)36-32(35-28)30-26-17-24(10-11-27(26)37-38-30)25-16-23(20-34-21-25)19-33-18-22-6-3-2-4-7-22;1-38-11-13-39(14-12-38)28-8-4-7-27-30(28)35-31(34-27)29-25-16-23(9-10-26(25)36-37-29)24-15-22(19-33-20-24)18-32-17-21-5-2-3-6-21;1-14(2)9-22(31)26-17-10-16(12-25-13-17)15-7-8-19-18(11-15)23(30-29-19)24-27-20-5-3-4-6-21(20)28-24;1-2-20(29)24-15-9-14(11-23-12-15)13-7-8-17-16(10-13)21(28-27-17)22-25-18-5-3-4-6-19(18)26-22/h2-11,16-17,20-21,33H,12-15,18-19H2,1H3,(H,35,36)(H,37,38);4,7-10,15-16,19-21,32H,2-3,5-6,11-14,17-18H2,1H3,(H,34,35)(H,36,37);3-8,10-14H,9H2,1-2H3,(H,26,31)(H,27,28)(H,29,30);3-12H,2H2,1H3,(H,24,29)(H,25,26)(H,27,28). The number of pyridine rings is 4. The number of benzene rings is 9. The lowest BCUT2D eigenvalue weighted by atomic mass is 10.0. The highest BCUT2D eigenvalue weighted by molar-refractivity contribution is 6.02. The lowest BCUT2D eigenvalue weighted by Gasteiger charge is -2.34. The van der Waals surface area contributed by atoms with E-state index in [-0.39, 0.29) is 11.8 Å². The molecule has 24 rings (SSSR count). The predicted octanol–water partition coefficient (Wildman–Crippen LogP) is 20.1. The fourth-order valence-corrected chi connectivity index (χ4v) is 18.7. The van der Waals surface area contributed by atoms with Crippen molar-refractivity contribution in [3.05, 3.63) is 279 Å². The molecular formula is C109H108N28O2. The zero-order chi connectivity index (χ0) is 94.2. The predicted molar refractivity (Wildman–Crippen MR) is 555 cm³/mol. The second kappa shape index (κ2) is 40.3. The van der Waals surface area contributed by atoms with Crippen LogP contribution in [-0.2, 0) is 29.2 Å². The summed E-state index contributed by atoms with van der Waals surface area (Å²) in [4.78, 5) is 84.3. The Hall–Kier alpha value is -16.3. The second-order valence-electron chi connectivity index (χ2n) is 36.6. The molecule has 0 radical (unpaired) electrons. The first-order valence-electron chi connectivity index (χ1n) is 47.7. The SMILES string of the molecule is CC(C)CC(=O)Nc1cncc(-c2ccc3[nH]nc(-c4nc5ccccc5[nH]4)c3c2)c1.CCC(=O)Nc1cncc(-c2ccc3[nH]nc(-c4nc5ccccc5[nH]4)c3c2)c1.CN1CCN(c2cccc3[nH]c(-c4n[nH]c5ccc(-c6cncc(CNCC7CCCC7)c6)cc45)nc23)CC1.CN1CCN(c2cccc3[nH]c(-c4n[nH]c5ccc(-c6cncc(CNCc7ccccc7)c6)cc45)nc23)CC1. The van der Waals surface area contributed by atoms with Crippen molar-refractivity contribution in [1.29, 1.82) is 0 Å². The van der Waals surface area contributed by atoms with Gasteiger partial charge in [-0.05, 0) is 206 Å². The number of aromatic nitrogens is 20. The summed E-state index contributed by atoms with van der Waals surface area (Å²) in [5, 5.41) is 47.8. The molecule has 3 aliphatic rings. The van der Waals surface area contributed by atoms with Crippen molar-refractivity contribution >= 4 is 122 Å². The fourth-order valence-electron chi connectivity index (χ4n) is 18.7. The third-order valence-electron chi connectivity index (χ3n) is 26.2. The number of hydrogen-bond acceptors (Lipinski definition) is 20. The van der Waals surface area contributed by atoms with Crippen LogP contribution in [0.4, 0.5) is 22.7 Å². The van der Waals surface area contributed by atoms with Crippen LogP contribution in [0.3, 0.4) is 0 Å². The van der Waals surface area contributed by atoms with Crippen LogP contribution in [0.5, 0.6) is 0 Å². The molecular weight excluding hydrogens is 1730 g/mol. The Morgan fingerprint density at radius 3 is 1.16 bits per heavy atom. The Kier molecular flexibility index (Phi) is 25.9. The van der Waals surface area contributed by atoms with Crippen LogP contribution in [0.15, 0.2) is 262 Å². The average molecular weight is 1840 g/mol. The number of piperazine rings is 2.